The Morgan fingerprint density at radius 3 is 3.05 bits per heavy atom. The minimum absolute atomic E-state index is 0.0639. The molecule has 20 heavy (non-hydrogen) atoms. The average molecular weight is 295 g/mol. The summed E-state index contributed by atoms with van der Waals surface area (Å²) in [6.07, 6.45) is 0.559. The molecule has 1 fully saturated rings. The zero-order valence-electron chi connectivity index (χ0n) is 11.7. The molecule has 1 aliphatic heterocycles. The summed E-state index contributed by atoms with van der Waals surface area (Å²) in [5.74, 6) is 6.08. The molecule has 0 bridgehead atoms. The van der Waals surface area contributed by atoms with Crippen LogP contribution < -0.4 is 0 Å². The van der Waals surface area contributed by atoms with Crippen LogP contribution in [0.3, 0.4) is 0 Å². The second-order valence-corrected chi connectivity index (χ2v) is 5.98. The Morgan fingerprint density at radius 2 is 2.30 bits per heavy atom. The molecular formula is C15H21NO3S. The van der Waals surface area contributed by atoms with Crippen molar-refractivity contribution in [1.29, 1.82) is 0 Å². The highest BCUT2D eigenvalue weighted by Crippen LogP contribution is 2.21. The number of rotatable bonds is 4. The molecule has 0 spiro atoms. The maximum Gasteiger partial charge on any atom is 0.0936 e. The molecule has 0 amide bonds. The number of hydrogen-bond donors (Lipinski definition) is 2. The lowest BCUT2D eigenvalue weighted by Crippen LogP contribution is -2.47. The van der Waals surface area contributed by atoms with Crippen LogP contribution in [0.5, 0.6) is 0 Å². The molecule has 110 valence electrons. The van der Waals surface area contributed by atoms with Gasteiger partial charge in [-0.15, -0.1) is 11.3 Å². The predicted octanol–water partition coefficient (Wildman–Crippen LogP) is 1.06. The van der Waals surface area contributed by atoms with E-state index in [-0.39, 0.29) is 25.4 Å². The van der Waals surface area contributed by atoms with Gasteiger partial charge in [0.2, 0.25) is 0 Å². The Hall–Kier alpha value is -0.900. The highest BCUT2D eigenvalue weighted by atomic mass is 32.1. The van der Waals surface area contributed by atoms with Crippen molar-refractivity contribution in [2.75, 3.05) is 26.3 Å². The lowest BCUT2D eigenvalue weighted by atomic mass is 10.2. The summed E-state index contributed by atoms with van der Waals surface area (Å²) in [7, 11) is 0. The van der Waals surface area contributed by atoms with Crippen LogP contribution in [0.25, 0.3) is 0 Å². The number of nitrogens with zero attached hydrogens (tertiary/aromatic N) is 1. The third-order valence-corrected chi connectivity index (χ3v) is 4.08. The third-order valence-electron chi connectivity index (χ3n) is 3.18. The molecule has 0 radical (unpaired) electrons. The second-order valence-electron chi connectivity index (χ2n) is 4.98. The molecule has 2 N–H and O–H groups in total. The van der Waals surface area contributed by atoms with E-state index in [0.29, 0.717) is 6.42 Å². The quantitative estimate of drug-likeness (QED) is 0.816. The van der Waals surface area contributed by atoms with Crippen LogP contribution in [-0.2, 0) is 11.3 Å². The van der Waals surface area contributed by atoms with E-state index in [4.69, 9.17) is 9.84 Å². The van der Waals surface area contributed by atoms with Crippen LogP contribution in [0.1, 0.15) is 23.8 Å². The minimum atomic E-state index is -0.0948. The van der Waals surface area contributed by atoms with Gasteiger partial charge in [0.05, 0.1) is 25.4 Å². The first-order valence-electron chi connectivity index (χ1n) is 6.87. The van der Waals surface area contributed by atoms with Gasteiger partial charge < -0.3 is 14.9 Å². The monoisotopic (exact) mass is 295 g/mol. The van der Waals surface area contributed by atoms with Gasteiger partial charge >= 0.3 is 0 Å². The molecule has 1 aliphatic rings. The van der Waals surface area contributed by atoms with Crippen molar-refractivity contribution >= 4 is 11.3 Å². The zero-order valence-corrected chi connectivity index (χ0v) is 12.5. The zero-order chi connectivity index (χ0) is 14.4. The SMILES string of the molecule is CC1CN(Cc2sccc2C#CCCO)CC(CO)O1. The minimum Gasteiger partial charge on any atom is -0.395 e. The fourth-order valence-corrected chi connectivity index (χ4v) is 3.23. The van der Waals surface area contributed by atoms with Gasteiger partial charge in [0.15, 0.2) is 0 Å². The Bertz CT molecular complexity index is 477. The maximum atomic E-state index is 9.26. The first-order chi connectivity index (χ1) is 9.72. The van der Waals surface area contributed by atoms with E-state index in [2.05, 4.69) is 16.7 Å². The Morgan fingerprint density at radius 1 is 1.45 bits per heavy atom. The van der Waals surface area contributed by atoms with Gasteiger partial charge in [-0.05, 0) is 18.4 Å². The fraction of sp³-hybridized carbons (Fsp3) is 0.600. The van der Waals surface area contributed by atoms with Crippen molar-refractivity contribution in [2.24, 2.45) is 0 Å². The van der Waals surface area contributed by atoms with E-state index in [1.54, 1.807) is 11.3 Å². The van der Waals surface area contributed by atoms with Gasteiger partial charge in [-0.1, -0.05) is 11.8 Å². The first kappa shape index (κ1) is 15.5. The van der Waals surface area contributed by atoms with Crippen LogP contribution >= 0.6 is 11.3 Å². The number of aliphatic hydroxyl groups excluding tert-OH is 2. The lowest BCUT2D eigenvalue weighted by molar-refractivity contribution is -0.0970. The third kappa shape index (κ3) is 4.30. The van der Waals surface area contributed by atoms with E-state index in [9.17, 15) is 5.11 Å². The topological polar surface area (TPSA) is 52.9 Å². The van der Waals surface area contributed by atoms with Crippen molar-refractivity contribution in [2.45, 2.75) is 32.1 Å². The lowest BCUT2D eigenvalue weighted by Gasteiger charge is -2.35. The van der Waals surface area contributed by atoms with Gasteiger partial charge in [0, 0.05) is 36.5 Å². The predicted molar refractivity (Wildman–Crippen MR) is 79.6 cm³/mol. The van der Waals surface area contributed by atoms with E-state index >= 15 is 0 Å². The van der Waals surface area contributed by atoms with Crippen molar-refractivity contribution < 1.29 is 14.9 Å². The summed E-state index contributed by atoms with van der Waals surface area (Å²) in [5, 5.41) is 20.1. The highest BCUT2D eigenvalue weighted by Gasteiger charge is 2.25. The van der Waals surface area contributed by atoms with Gasteiger partial charge in [-0.3, -0.25) is 4.90 Å². The summed E-state index contributed by atoms with van der Waals surface area (Å²) in [6.45, 7) is 4.66. The van der Waals surface area contributed by atoms with Crippen molar-refractivity contribution in [3.8, 4) is 11.8 Å². The molecule has 1 aromatic heterocycles. The van der Waals surface area contributed by atoms with Gasteiger partial charge in [0.1, 0.15) is 0 Å². The average Bonchev–Trinajstić information content (AvgIpc) is 2.86. The molecule has 1 saturated heterocycles. The second kappa shape index (κ2) is 7.77. The largest absolute Gasteiger partial charge is 0.395 e. The van der Waals surface area contributed by atoms with Gasteiger partial charge in [-0.25, -0.2) is 0 Å². The molecule has 4 nitrogen and oxygen atoms in total. The number of hydrogen-bond acceptors (Lipinski definition) is 5. The highest BCUT2D eigenvalue weighted by molar-refractivity contribution is 7.10. The fourth-order valence-electron chi connectivity index (χ4n) is 2.36. The van der Waals surface area contributed by atoms with E-state index in [1.165, 1.54) is 4.88 Å². The summed E-state index contributed by atoms with van der Waals surface area (Å²) < 4.78 is 5.65. The maximum absolute atomic E-state index is 9.26. The van der Waals surface area contributed by atoms with Crippen LogP contribution in [0.2, 0.25) is 0 Å². The molecule has 2 heterocycles. The summed E-state index contributed by atoms with van der Waals surface area (Å²) in [5.41, 5.74) is 1.04. The molecular weight excluding hydrogens is 274 g/mol. The Labute approximate surface area is 124 Å². The molecule has 2 rings (SSSR count). The smallest absolute Gasteiger partial charge is 0.0936 e. The molecule has 0 aromatic carbocycles. The number of thiophene rings is 1. The van der Waals surface area contributed by atoms with Crippen molar-refractivity contribution in [3.05, 3.63) is 21.9 Å². The van der Waals surface area contributed by atoms with E-state index in [1.807, 2.05) is 18.4 Å². The molecule has 5 heteroatoms. The summed E-state index contributed by atoms with van der Waals surface area (Å²) >= 11 is 1.70. The van der Waals surface area contributed by atoms with Crippen LogP contribution in [-0.4, -0.2) is 53.6 Å². The molecule has 1 aromatic rings. The number of morpholine rings is 1. The molecule has 2 atom stereocenters. The van der Waals surface area contributed by atoms with Gasteiger partial charge in [0.25, 0.3) is 0 Å². The molecule has 0 aliphatic carbocycles. The Balaban J connectivity index is 1.99. The van der Waals surface area contributed by atoms with E-state index in [0.717, 1.165) is 25.2 Å². The number of ether oxygens (including phenoxy) is 1. The van der Waals surface area contributed by atoms with Crippen molar-refractivity contribution in [3.63, 3.8) is 0 Å². The number of aliphatic hydroxyl groups is 2. The van der Waals surface area contributed by atoms with Crippen molar-refractivity contribution in [1.82, 2.24) is 4.90 Å². The molecule has 0 saturated carbocycles. The summed E-state index contributed by atoms with van der Waals surface area (Å²) in [6, 6.07) is 2.03. The summed E-state index contributed by atoms with van der Waals surface area (Å²) in [4.78, 5) is 3.54. The van der Waals surface area contributed by atoms with Crippen LogP contribution in [0, 0.1) is 11.8 Å². The van der Waals surface area contributed by atoms with E-state index < -0.39 is 0 Å². The van der Waals surface area contributed by atoms with Gasteiger partial charge in [-0.2, -0.15) is 0 Å². The molecule has 2 unspecified atom stereocenters. The van der Waals surface area contributed by atoms with Crippen LogP contribution in [0.4, 0.5) is 0 Å². The normalized spacial score (nSPS) is 23.4. The first-order valence-corrected chi connectivity index (χ1v) is 7.75. The standard InChI is InChI=1S/C15H21NO3S/c1-12-8-16(9-14(11-18)19-12)10-15-13(5-7-20-15)4-2-3-6-17/h5,7,12,14,17-18H,3,6,8-11H2,1H3. The van der Waals surface area contributed by atoms with Crippen LogP contribution in [0.15, 0.2) is 11.4 Å². The Kier molecular flexibility index (Phi) is 6.02.